The minimum absolute atomic E-state index is 0.0222. The zero-order valence-corrected chi connectivity index (χ0v) is 17.0. The van der Waals surface area contributed by atoms with Gasteiger partial charge in [0.2, 0.25) is 5.91 Å². The molecule has 1 heterocycles. The van der Waals surface area contributed by atoms with E-state index in [0.717, 1.165) is 25.7 Å². The Morgan fingerprint density at radius 2 is 1.92 bits per heavy atom. The lowest BCUT2D eigenvalue weighted by atomic mass is 9.92. The van der Waals surface area contributed by atoms with E-state index in [4.69, 9.17) is 27.9 Å². The molecule has 2 atom stereocenters. The number of amides is 2. The zero-order valence-electron chi connectivity index (χ0n) is 15.5. The van der Waals surface area contributed by atoms with Crippen molar-refractivity contribution in [1.82, 2.24) is 10.2 Å². The maximum absolute atomic E-state index is 13.0. The molecule has 0 bridgehead atoms. The van der Waals surface area contributed by atoms with Gasteiger partial charge < -0.3 is 15.0 Å². The van der Waals surface area contributed by atoms with Gasteiger partial charge in [-0.3, -0.25) is 9.59 Å². The Hall–Kier alpha value is -1.46. The third kappa shape index (κ3) is 4.83. The number of piperidine rings is 1. The number of halogens is 2. The average Bonchev–Trinajstić information content (AvgIpc) is 2.61. The first-order valence-corrected chi connectivity index (χ1v) is 9.76. The first kappa shape index (κ1) is 20.8. The molecule has 1 fully saturated rings. The molecule has 5 nitrogen and oxygen atoms in total. The summed E-state index contributed by atoms with van der Waals surface area (Å²) in [6.07, 6.45) is 3.56. The Kier molecular flexibility index (Phi) is 7.59. The molecule has 1 aliphatic heterocycles. The maximum Gasteiger partial charge on any atom is 0.254 e. The standard InChI is InChI=1S/C19H26Cl2N2O3/c1-4-5-8-22-18(24)13-7-6-12(2)23(11-13)19(25)14-9-15(20)17(26-3)16(21)10-14/h9-10,12-13H,4-8,11H2,1-3H3,(H,22,24). The van der Waals surface area contributed by atoms with E-state index >= 15 is 0 Å². The van der Waals surface area contributed by atoms with Crippen molar-refractivity contribution in [3.63, 3.8) is 0 Å². The van der Waals surface area contributed by atoms with Crippen LogP contribution in [0.5, 0.6) is 5.75 Å². The van der Waals surface area contributed by atoms with Gasteiger partial charge in [0.25, 0.3) is 5.91 Å². The Morgan fingerprint density at radius 1 is 1.27 bits per heavy atom. The first-order chi connectivity index (χ1) is 12.4. The molecule has 7 heteroatoms. The van der Waals surface area contributed by atoms with Crippen molar-refractivity contribution < 1.29 is 14.3 Å². The molecule has 26 heavy (non-hydrogen) atoms. The highest BCUT2D eigenvalue weighted by Gasteiger charge is 2.33. The molecule has 0 saturated carbocycles. The summed E-state index contributed by atoms with van der Waals surface area (Å²) in [7, 11) is 1.48. The van der Waals surface area contributed by atoms with E-state index in [-0.39, 0.29) is 23.8 Å². The highest BCUT2D eigenvalue weighted by Crippen LogP contribution is 2.35. The third-order valence-corrected chi connectivity index (χ3v) is 5.35. The molecule has 144 valence electrons. The van der Waals surface area contributed by atoms with Crippen LogP contribution in [0.25, 0.3) is 0 Å². The van der Waals surface area contributed by atoms with Crippen LogP contribution in [-0.4, -0.2) is 43.0 Å². The van der Waals surface area contributed by atoms with Crippen LogP contribution < -0.4 is 10.1 Å². The number of nitrogens with one attached hydrogen (secondary N) is 1. The molecular weight excluding hydrogens is 375 g/mol. The summed E-state index contributed by atoms with van der Waals surface area (Å²) >= 11 is 12.3. The maximum atomic E-state index is 13.0. The number of methoxy groups -OCH3 is 1. The molecule has 0 radical (unpaired) electrons. The molecule has 0 aromatic heterocycles. The van der Waals surface area contributed by atoms with Gasteiger partial charge >= 0.3 is 0 Å². The SMILES string of the molecule is CCCCNC(=O)C1CCC(C)N(C(=O)c2cc(Cl)c(OC)c(Cl)c2)C1. The van der Waals surface area contributed by atoms with Crippen LogP contribution in [0.1, 0.15) is 49.9 Å². The normalized spacial score (nSPS) is 20.0. The van der Waals surface area contributed by atoms with Crippen molar-refractivity contribution >= 4 is 35.0 Å². The van der Waals surface area contributed by atoms with Crippen molar-refractivity contribution in [2.24, 2.45) is 5.92 Å². The van der Waals surface area contributed by atoms with Gasteiger partial charge in [0, 0.05) is 24.7 Å². The number of nitrogens with zero attached hydrogens (tertiary/aromatic N) is 1. The highest BCUT2D eigenvalue weighted by atomic mass is 35.5. The largest absolute Gasteiger partial charge is 0.494 e. The van der Waals surface area contributed by atoms with Crippen molar-refractivity contribution in [2.45, 2.75) is 45.6 Å². The molecule has 0 spiro atoms. The molecule has 2 rings (SSSR count). The second kappa shape index (κ2) is 9.47. The van der Waals surface area contributed by atoms with E-state index in [1.807, 2.05) is 6.92 Å². The van der Waals surface area contributed by atoms with Crippen LogP contribution in [0, 0.1) is 5.92 Å². The number of hydrogen-bond donors (Lipinski definition) is 1. The van der Waals surface area contributed by atoms with Gasteiger partial charge in [-0.15, -0.1) is 0 Å². The van der Waals surface area contributed by atoms with Crippen LogP contribution in [0.2, 0.25) is 10.0 Å². The lowest BCUT2D eigenvalue weighted by Crippen LogP contribution is -2.49. The molecule has 1 aliphatic rings. The summed E-state index contributed by atoms with van der Waals surface area (Å²) in [5.41, 5.74) is 0.402. The van der Waals surface area contributed by atoms with E-state index in [0.29, 0.717) is 34.4 Å². The summed E-state index contributed by atoms with van der Waals surface area (Å²) < 4.78 is 5.13. The van der Waals surface area contributed by atoms with Crippen LogP contribution in [0.4, 0.5) is 0 Å². The van der Waals surface area contributed by atoms with E-state index in [9.17, 15) is 9.59 Å². The van der Waals surface area contributed by atoms with Crippen LogP contribution in [0.3, 0.4) is 0 Å². The molecule has 1 N–H and O–H groups in total. The fraction of sp³-hybridized carbons (Fsp3) is 0.579. The second-order valence-electron chi connectivity index (χ2n) is 6.70. The van der Waals surface area contributed by atoms with Gasteiger partial charge in [0.15, 0.2) is 5.75 Å². The molecule has 1 saturated heterocycles. The van der Waals surface area contributed by atoms with Crippen LogP contribution in [-0.2, 0) is 4.79 Å². The van der Waals surface area contributed by atoms with Crippen molar-refractivity contribution in [1.29, 1.82) is 0 Å². The number of likely N-dealkylation sites (tertiary alicyclic amines) is 1. The Balaban J connectivity index is 2.13. The number of unbranched alkanes of at least 4 members (excludes halogenated alkanes) is 1. The van der Waals surface area contributed by atoms with E-state index in [1.54, 1.807) is 17.0 Å². The second-order valence-corrected chi connectivity index (χ2v) is 7.51. The number of ether oxygens (including phenoxy) is 1. The molecule has 2 unspecified atom stereocenters. The average molecular weight is 401 g/mol. The summed E-state index contributed by atoms with van der Waals surface area (Å²) in [4.78, 5) is 27.1. The summed E-state index contributed by atoms with van der Waals surface area (Å²) in [5.74, 6) is 0.0184. The summed E-state index contributed by atoms with van der Waals surface area (Å²) in [5, 5.41) is 3.55. The lowest BCUT2D eigenvalue weighted by molar-refractivity contribution is -0.126. The fourth-order valence-electron chi connectivity index (χ4n) is 3.18. The quantitative estimate of drug-likeness (QED) is 0.729. The van der Waals surface area contributed by atoms with E-state index < -0.39 is 0 Å². The lowest BCUT2D eigenvalue weighted by Gasteiger charge is -2.37. The monoisotopic (exact) mass is 400 g/mol. The van der Waals surface area contributed by atoms with Gasteiger partial charge in [-0.05, 0) is 38.3 Å². The number of benzene rings is 1. The molecule has 2 amide bonds. The Morgan fingerprint density at radius 3 is 2.50 bits per heavy atom. The van der Waals surface area contributed by atoms with Crippen molar-refractivity contribution in [3.8, 4) is 5.75 Å². The number of carbonyl (C=O) groups is 2. The van der Waals surface area contributed by atoms with Gasteiger partial charge in [-0.25, -0.2) is 0 Å². The molecule has 1 aromatic carbocycles. The topological polar surface area (TPSA) is 58.6 Å². The van der Waals surface area contributed by atoms with Crippen LogP contribution >= 0.6 is 23.2 Å². The third-order valence-electron chi connectivity index (χ3n) is 4.79. The number of carbonyl (C=O) groups excluding carboxylic acids is 2. The summed E-state index contributed by atoms with van der Waals surface area (Å²) in [6.45, 7) is 5.16. The minimum Gasteiger partial charge on any atom is -0.494 e. The Labute approximate surface area is 165 Å². The zero-order chi connectivity index (χ0) is 19.3. The van der Waals surface area contributed by atoms with Crippen LogP contribution in [0.15, 0.2) is 12.1 Å². The van der Waals surface area contributed by atoms with Crippen molar-refractivity contribution in [2.75, 3.05) is 20.2 Å². The van der Waals surface area contributed by atoms with Gasteiger partial charge in [-0.2, -0.15) is 0 Å². The first-order valence-electron chi connectivity index (χ1n) is 9.00. The predicted octanol–water partition coefficient (Wildman–Crippen LogP) is 4.16. The number of rotatable bonds is 6. The van der Waals surface area contributed by atoms with E-state index in [1.165, 1.54) is 7.11 Å². The molecule has 1 aromatic rings. The summed E-state index contributed by atoms with van der Waals surface area (Å²) in [6, 6.07) is 3.18. The highest BCUT2D eigenvalue weighted by molar-refractivity contribution is 6.37. The van der Waals surface area contributed by atoms with Gasteiger partial charge in [0.1, 0.15) is 0 Å². The minimum atomic E-state index is -0.184. The Bertz CT molecular complexity index is 643. The van der Waals surface area contributed by atoms with Gasteiger partial charge in [0.05, 0.1) is 23.1 Å². The smallest absolute Gasteiger partial charge is 0.254 e. The van der Waals surface area contributed by atoms with Gasteiger partial charge in [-0.1, -0.05) is 36.5 Å². The molecule has 0 aliphatic carbocycles. The fourth-order valence-corrected chi connectivity index (χ4v) is 3.82. The van der Waals surface area contributed by atoms with Crippen molar-refractivity contribution in [3.05, 3.63) is 27.7 Å². The molecular formula is C19H26Cl2N2O3. The number of hydrogen-bond acceptors (Lipinski definition) is 3. The van der Waals surface area contributed by atoms with E-state index in [2.05, 4.69) is 12.2 Å². The predicted molar refractivity (Wildman–Crippen MR) is 104 cm³/mol.